The lowest BCUT2D eigenvalue weighted by atomic mass is 10.5. The standard InChI is InChI=1S/C5H7NO4/c1-10-6-4(7)2-3-5(8)9/h2-3H,1H3,(H,6,7)(H,8,9)/b3-2+. The molecule has 0 aliphatic carbocycles. The first-order valence-electron chi connectivity index (χ1n) is 2.40. The summed E-state index contributed by atoms with van der Waals surface area (Å²) in [6.45, 7) is 0. The lowest BCUT2D eigenvalue weighted by Gasteiger charge is -1.92. The van der Waals surface area contributed by atoms with Crippen molar-refractivity contribution in [2.75, 3.05) is 7.11 Å². The van der Waals surface area contributed by atoms with Crippen LogP contribution in [0.5, 0.6) is 0 Å². The fourth-order valence-electron chi connectivity index (χ4n) is 0.282. The smallest absolute Gasteiger partial charge is 0.328 e. The summed E-state index contributed by atoms with van der Waals surface area (Å²) in [6, 6.07) is 0. The predicted octanol–water partition coefficient (Wildman–Crippen LogP) is -0.695. The van der Waals surface area contributed by atoms with Gasteiger partial charge in [-0.2, -0.15) is 0 Å². The zero-order chi connectivity index (χ0) is 7.98. The average Bonchev–Trinajstić information content (AvgIpc) is 1.85. The van der Waals surface area contributed by atoms with Gasteiger partial charge in [0.2, 0.25) is 0 Å². The molecule has 0 aromatic rings. The van der Waals surface area contributed by atoms with Gasteiger partial charge in [-0.3, -0.25) is 9.63 Å². The SMILES string of the molecule is CONC(=O)/C=C/C(=O)O. The normalized spacial score (nSPS) is 9.70. The Bertz CT molecular complexity index is 163. The molecule has 0 heterocycles. The molecular weight excluding hydrogens is 138 g/mol. The summed E-state index contributed by atoms with van der Waals surface area (Å²) >= 11 is 0. The molecule has 0 fully saturated rings. The third-order valence-electron chi connectivity index (χ3n) is 0.580. The van der Waals surface area contributed by atoms with Crippen LogP contribution in [0.3, 0.4) is 0 Å². The molecule has 0 spiro atoms. The maximum Gasteiger partial charge on any atom is 0.328 e. The number of rotatable bonds is 3. The highest BCUT2D eigenvalue weighted by atomic mass is 16.6. The van der Waals surface area contributed by atoms with Crippen molar-refractivity contribution in [3.05, 3.63) is 12.2 Å². The second-order valence-corrected chi connectivity index (χ2v) is 1.34. The Hall–Kier alpha value is -1.36. The quantitative estimate of drug-likeness (QED) is 0.407. The summed E-state index contributed by atoms with van der Waals surface area (Å²) < 4.78 is 0. The lowest BCUT2D eigenvalue weighted by molar-refractivity contribution is -0.132. The molecule has 0 aliphatic rings. The molecule has 0 saturated carbocycles. The number of carboxylic acid groups (broad SMARTS) is 1. The minimum Gasteiger partial charge on any atom is -0.478 e. The molecule has 0 unspecified atom stereocenters. The summed E-state index contributed by atoms with van der Waals surface area (Å²) in [5, 5.41) is 8.02. The van der Waals surface area contributed by atoms with Crippen molar-refractivity contribution in [3.8, 4) is 0 Å². The Morgan fingerprint density at radius 2 is 2.10 bits per heavy atom. The molecule has 0 radical (unpaired) electrons. The molecule has 2 N–H and O–H groups in total. The van der Waals surface area contributed by atoms with E-state index in [1.165, 1.54) is 7.11 Å². The first-order valence-corrected chi connectivity index (χ1v) is 2.40. The summed E-state index contributed by atoms with van der Waals surface area (Å²) in [7, 11) is 1.26. The topological polar surface area (TPSA) is 75.6 Å². The minimum absolute atomic E-state index is 0.607. The number of carbonyl (C=O) groups is 2. The van der Waals surface area contributed by atoms with Crippen LogP contribution in [0.25, 0.3) is 0 Å². The van der Waals surface area contributed by atoms with Gasteiger partial charge >= 0.3 is 5.97 Å². The van der Waals surface area contributed by atoms with Gasteiger partial charge in [-0.25, -0.2) is 10.3 Å². The Morgan fingerprint density at radius 1 is 1.50 bits per heavy atom. The number of aliphatic carboxylic acids is 1. The Kier molecular flexibility index (Phi) is 3.90. The van der Waals surface area contributed by atoms with Gasteiger partial charge in [-0.15, -0.1) is 0 Å². The van der Waals surface area contributed by atoms with E-state index in [2.05, 4.69) is 4.84 Å². The van der Waals surface area contributed by atoms with E-state index in [1.807, 2.05) is 5.48 Å². The van der Waals surface area contributed by atoms with Crippen LogP contribution in [0.1, 0.15) is 0 Å². The average molecular weight is 145 g/mol. The van der Waals surface area contributed by atoms with Crippen LogP contribution >= 0.6 is 0 Å². The second kappa shape index (κ2) is 4.51. The molecule has 0 saturated heterocycles. The molecule has 56 valence electrons. The van der Waals surface area contributed by atoms with Crippen molar-refractivity contribution in [3.63, 3.8) is 0 Å². The van der Waals surface area contributed by atoms with Crippen LogP contribution in [0.4, 0.5) is 0 Å². The molecule has 10 heavy (non-hydrogen) atoms. The van der Waals surface area contributed by atoms with Gasteiger partial charge in [0, 0.05) is 12.2 Å². The molecule has 0 aliphatic heterocycles. The van der Waals surface area contributed by atoms with Crippen molar-refractivity contribution in [2.45, 2.75) is 0 Å². The number of carbonyl (C=O) groups excluding carboxylic acids is 1. The summed E-state index contributed by atoms with van der Waals surface area (Å²) in [5.74, 6) is -1.78. The largest absolute Gasteiger partial charge is 0.478 e. The van der Waals surface area contributed by atoms with E-state index in [4.69, 9.17) is 5.11 Å². The summed E-state index contributed by atoms with van der Waals surface area (Å²) in [6.07, 6.45) is 1.57. The molecule has 1 amide bonds. The van der Waals surface area contributed by atoms with Gasteiger partial charge in [-0.1, -0.05) is 0 Å². The highest BCUT2D eigenvalue weighted by Crippen LogP contribution is 1.72. The highest BCUT2D eigenvalue weighted by molar-refractivity contribution is 5.93. The molecule has 0 aromatic heterocycles. The predicted molar refractivity (Wildman–Crippen MR) is 31.9 cm³/mol. The lowest BCUT2D eigenvalue weighted by Crippen LogP contribution is -2.19. The number of hydroxylamine groups is 1. The van der Waals surface area contributed by atoms with Crippen LogP contribution in [-0.4, -0.2) is 24.1 Å². The van der Waals surface area contributed by atoms with E-state index >= 15 is 0 Å². The monoisotopic (exact) mass is 145 g/mol. The number of nitrogens with one attached hydrogen (secondary N) is 1. The number of carboxylic acids is 1. The Labute approximate surface area is 57.2 Å². The molecule has 5 nitrogen and oxygen atoms in total. The van der Waals surface area contributed by atoms with Crippen LogP contribution in [0, 0.1) is 0 Å². The first-order chi connectivity index (χ1) is 4.66. The van der Waals surface area contributed by atoms with E-state index < -0.39 is 11.9 Å². The molecule has 0 rings (SSSR count). The van der Waals surface area contributed by atoms with Crippen LogP contribution in [-0.2, 0) is 14.4 Å². The Morgan fingerprint density at radius 3 is 2.50 bits per heavy atom. The number of amides is 1. The van der Waals surface area contributed by atoms with Gasteiger partial charge in [0.1, 0.15) is 0 Å². The highest BCUT2D eigenvalue weighted by Gasteiger charge is 1.92. The van der Waals surface area contributed by atoms with E-state index in [-0.39, 0.29) is 0 Å². The number of hydrogen-bond acceptors (Lipinski definition) is 3. The summed E-state index contributed by atoms with van der Waals surface area (Å²) in [4.78, 5) is 24.4. The number of hydrogen-bond donors (Lipinski definition) is 2. The molecule has 5 heteroatoms. The molecular formula is C5H7NO4. The van der Waals surface area contributed by atoms with Crippen molar-refractivity contribution in [1.82, 2.24) is 5.48 Å². The minimum atomic E-state index is -1.17. The van der Waals surface area contributed by atoms with E-state index in [0.29, 0.717) is 6.08 Å². The van der Waals surface area contributed by atoms with Gasteiger partial charge in [0.15, 0.2) is 0 Å². The van der Waals surface area contributed by atoms with Crippen molar-refractivity contribution < 1.29 is 19.5 Å². The van der Waals surface area contributed by atoms with Crippen LogP contribution in [0.15, 0.2) is 12.2 Å². The molecule has 0 bridgehead atoms. The molecule has 0 atom stereocenters. The van der Waals surface area contributed by atoms with Gasteiger partial charge in [0.05, 0.1) is 7.11 Å². The van der Waals surface area contributed by atoms with Gasteiger partial charge in [0.25, 0.3) is 5.91 Å². The van der Waals surface area contributed by atoms with Crippen LogP contribution < -0.4 is 5.48 Å². The zero-order valence-electron chi connectivity index (χ0n) is 5.33. The van der Waals surface area contributed by atoms with Crippen molar-refractivity contribution in [1.29, 1.82) is 0 Å². The third kappa shape index (κ3) is 4.79. The van der Waals surface area contributed by atoms with Gasteiger partial charge < -0.3 is 5.11 Å². The van der Waals surface area contributed by atoms with E-state index in [9.17, 15) is 9.59 Å². The molecule has 0 aromatic carbocycles. The van der Waals surface area contributed by atoms with E-state index in [1.54, 1.807) is 0 Å². The zero-order valence-corrected chi connectivity index (χ0v) is 5.33. The maximum absolute atomic E-state index is 10.4. The fraction of sp³-hybridized carbons (Fsp3) is 0.200. The first kappa shape index (κ1) is 8.64. The van der Waals surface area contributed by atoms with Crippen molar-refractivity contribution in [2.24, 2.45) is 0 Å². The van der Waals surface area contributed by atoms with E-state index in [0.717, 1.165) is 6.08 Å². The Balaban J connectivity index is 3.67. The maximum atomic E-state index is 10.4. The van der Waals surface area contributed by atoms with Crippen molar-refractivity contribution >= 4 is 11.9 Å². The summed E-state index contributed by atoms with van der Waals surface area (Å²) in [5.41, 5.74) is 1.91. The second-order valence-electron chi connectivity index (χ2n) is 1.34. The van der Waals surface area contributed by atoms with Crippen LogP contribution in [0.2, 0.25) is 0 Å². The fourth-order valence-corrected chi connectivity index (χ4v) is 0.282. The van der Waals surface area contributed by atoms with Gasteiger partial charge in [-0.05, 0) is 0 Å². The third-order valence-corrected chi connectivity index (χ3v) is 0.580.